The summed E-state index contributed by atoms with van der Waals surface area (Å²) in [5.74, 6) is -0.271. The second kappa shape index (κ2) is 9.99. The first-order valence-corrected chi connectivity index (χ1v) is 10.4. The highest BCUT2D eigenvalue weighted by molar-refractivity contribution is 5.90. The third-order valence-electron chi connectivity index (χ3n) is 4.97. The number of carbonyl (C=O) groups is 1. The second-order valence-corrected chi connectivity index (χ2v) is 7.66. The van der Waals surface area contributed by atoms with Crippen molar-refractivity contribution in [1.29, 1.82) is 0 Å². The number of rotatable bonds is 6. The SMILES string of the molecule is CCOc1nc(C(F)(F)F)cc(NC(=O)NCc2cc(C)c(-c3c(C(F)(F)F)n[nH]c3C)nn2)c1C. The van der Waals surface area contributed by atoms with Crippen LogP contribution >= 0.6 is 0 Å². The van der Waals surface area contributed by atoms with Crippen LogP contribution in [-0.4, -0.2) is 38.0 Å². The van der Waals surface area contributed by atoms with E-state index in [1.165, 1.54) is 26.8 Å². The van der Waals surface area contributed by atoms with Crippen LogP contribution in [0.1, 0.15) is 40.8 Å². The normalized spacial score (nSPS) is 11.9. The van der Waals surface area contributed by atoms with Crippen molar-refractivity contribution < 1.29 is 35.9 Å². The number of urea groups is 1. The van der Waals surface area contributed by atoms with E-state index < -0.39 is 29.8 Å². The molecule has 3 rings (SSSR count). The predicted molar refractivity (Wildman–Crippen MR) is 115 cm³/mol. The summed E-state index contributed by atoms with van der Waals surface area (Å²) in [6.45, 7) is 5.82. The molecule has 0 bridgehead atoms. The molecular formula is C21H21F6N7O2. The van der Waals surface area contributed by atoms with Gasteiger partial charge in [-0.1, -0.05) is 0 Å². The summed E-state index contributed by atoms with van der Waals surface area (Å²) in [5, 5.41) is 18.1. The fourth-order valence-corrected chi connectivity index (χ4v) is 3.27. The van der Waals surface area contributed by atoms with Crippen LogP contribution in [0.4, 0.5) is 36.8 Å². The molecule has 0 aromatic carbocycles. The lowest BCUT2D eigenvalue weighted by atomic mass is 10.0. The monoisotopic (exact) mass is 517 g/mol. The number of nitrogens with one attached hydrogen (secondary N) is 3. The molecule has 0 aliphatic heterocycles. The largest absolute Gasteiger partial charge is 0.478 e. The average molecular weight is 517 g/mol. The number of aromatic amines is 1. The number of alkyl halides is 6. The number of aromatic nitrogens is 5. The molecule has 3 heterocycles. The van der Waals surface area contributed by atoms with Gasteiger partial charge in [-0.3, -0.25) is 5.10 Å². The molecule has 0 aliphatic rings. The Morgan fingerprint density at radius 2 is 1.75 bits per heavy atom. The van der Waals surface area contributed by atoms with Crippen molar-refractivity contribution in [2.45, 2.75) is 46.6 Å². The number of anilines is 1. The second-order valence-electron chi connectivity index (χ2n) is 7.66. The summed E-state index contributed by atoms with van der Waals surface area (Å²) in [4.78, 5) is 15.8. The van der Waals surface area contributed by atoms with Crippen LogP contribution in [0.5, 0.6) is 5.88 Å². The van der Waals surface area contributed by atoms with E-state index in [-0.39, 0.29) is 52.9 Å². The summed E-state index contributed by atoms with van der Waals surface area (Å²) >= 11 is 0. The predicted octanol–water partition coefficient (Wildman–Crippen LogP) is 4.94. The van der Waals surface area contributed by atoms with Crippen LogP contribution in [0, 0.1) is 20.8 Å². The van der Waals surface area contributed by atoms with Crippen molar-refractivity contribution in [3.8, 4) is 17.1 Å². The standard InChI is InChI=1S/C21H21F6N7O2/c1-5-36-18-10(3)13(7-14(30-18)20(22,23)24)29-19(35)28-8-12-6-9(2)16(33-32-12)15-11(4)31-34-17(15)21(25,26)27/h6-7H,5,8H2,1-4H3,(H,31,34)(H2,28,29,30,35). The summed E-state index contributed by atoms with van der Waals surface area (Å²) in [6, 6.07) is 1.26. The van der Waals surface area contributed by atoms with Gasteiger partial charge in [0.15, 0.2) is 11.4 Å². The molecule has 36 heavy (non-hydrogen) atoms. The lowest BCUT2D eigenvalue weighted by Gasteiger charge is -2.16. The van der Waals surface area contributed by atoms with E-state index in [9.17, 15) is 31.1 Å². The van der Waals surface area contributed by atoms with Crippen LogP contribution in [0.3, 0.4) is 0 Å². The highest BCUT2D eigenvalue weighted by Gasteiger charge is 2.39. The van der Waals surface area contributed by atoms with Crippen molar-refractivity contribution in [3.63, 3.8) is 0 Å². The van der Waals surface area contributed by atoms with E-state index in [2.05, 4.69) is 36.0 Å². The first-order chi connectivity index (χ1) is 16.7. The van der Waals surface area contributed by atoms with E-state index in [0.717, 1.165) is 0 Å². The molecular weight excluding hydrogens is 496 g/mol. The van der Waals surface area contributed by atoms with E-state index in [1.807, 2.05) is 0 Å². The summed E-state index contributed by atoms with van der Waals surface area (Å²) < 4.78 is 84.5. The molecule has 0 aliphatic carbocycles. The molecule has 194 valence electrons. The fourth-order valence-electron chi connectivity index (χ4n) is 3.27. The van der Waals surface area contributed by atoms with Gasteiger partial charge in [0.1, 0.15) is 0 Å². The van der Waals surface area contributed by atoms with Crippen molar-refractivity contribution in [3.05, 3.63) is 46.0 Å². The molecule has 3 aromatic rings. The quantitative estimate of drug-likeness (QED) is 0.399. The van der Waals surface area contributed by atoms with Gasteiger partial charge in [0, 0.05) is 11.3 Å². The fraction of sp³-hybridized carbons (Fsp3) is 0.381. The molecule has 3 aromatic heterocycles. The Morgan fingerprint density at radius 3 is 2.33 bits per heavy atom. The van der Waals surface area contributed by atoms with Crippen molar-refractivity contribution in [2.75, 3.05) is 11.9 Å². The number of aryl methyl sites for hydroxylation is 2. The maximum atomic E-state index is 13.3. The average Bonchev–Trinajstić information content (AvgIpc) is 3.16. The van der Waals surface area contributed by atoms with Gasteiger partial charge in [-0.05, 0) is 45.4 Å². The van der Waals surface area contributed by atoms with Crippen LogP contribution in [0.25, 0.3) is 11.3 Å². The number of hydrogen-bond donors (Lipinski definition) is 3. The zero-order valence-electron chi connectivity index (χ0n) is 19.4. The molecule has 0 unspecified atom stereocenters. The van der Waals surface area contributed by atoms with Gasteiger partial charge in [0.25, 0.3) is 0 Å². The summed E-state index contributed by atoms with van der Waals surface area (Å²) in [7, 11) is 0. The van der Waals surface area contributed by atoms with Gasteiger partial charge in [-0.25, -0.2) is 9.78 Å². The van der Waals surface area contributed by atoms with E-state index in [0.29, 0.717) is 11.6 Å². The number of ether oxygens (including phenoxy) is 1. The maximum absolute atomic E-state index is 13.3. The molecule has 15 heteroatoms. The number of H-pyrrole nitrogens is 1. The minimum absolute atomic E-state index is 0.0303. The van der Waals surface area contributed by atoms with Crippen LogP contribution < -0.4 is 15.4 Å². The molecule has 0 saturated heterocycles. The Kier molecular flexibility index (Phi) is 7.40. The number of nitrogens with zero attached hydrogens (tertiary/aromatic N) is 4. The zero-order chi connectivity index (χ0) is 26.8. The Hall–Kier alpha value is -3.91. The molecule has 9 nitrogen and oxygen atoms in total. The van der Waals surface area contributed by atoms with Crippen LogP contribution in [0.2, 0.25) is 0 Å². The maximum Gasteiger partial charge on any atom is 0.435 e. The molecule has 0 radical (unpaired) electrons. The highest BCUT2D eigenvalue weighted by Crippen LogP contribution is 2.37. The number of carbonyl (C=O) groups excluding carboxylic acids is 1. The number of hydrogen-bond acceptors (Lipinski definition) is 6. The highest BCUT2D eigenvalue weighted by atomic mass is 19.4. The number of pyridine rings is 1. The Labute approximate surface area is 200 Å². The molecule has 0 spiro atoms. The molecule has 0 fully saturated rings. The molecule has 0 saturated carbocycles. The van der Waals surface area contributed by atoms with Crippen molar-refractivity contribution in [2.24, 2.45) is 0 Å². The molecule has 2 amide bonds. The first-order valence-electron chi connectivity index (χ1n) is 10.4. The van der Waals surface area contributed by atoms with Crippen molar-refractivity contribution >= 4 is 11.7 Å². The smallest absolute Gasteiger partial charge is 0.435 e. The van der Waals surface area contributed by atoms with Gasteiger partial charge in [-0.2, -0.15) is 36.5 Å². The molecule has 3 N–H and O–H groups in total. The molecule has 0 atom stereocenters. The van der Waals surface area contributed by atoms with Crippen molar-refractivity contribution in [1.82, 2.24) is 30.7 Å². The summed E-state index contributed by atoms with van der Waals surface area (Å²) in [5.41, 5.74) is -1.89. The van der Waals surface area contributed by atoms with Gasteiger partial charge in [-0.15, -0.1) is 5.10 Å². The Bertz CT molecular complexity index is 1270. The minimum atomic E-state index is -4.76. The van der Waals surface area contributed by atoms with Gasteiger partial charge >= 0.3 is 18.4 Å². The Balaban J connectivity index is 1.76. The van der Waals surface area contributed by atoms with Gasteiger partial charge < -0.3 is 15.4 Å². The third-order valence-corrected chi connectivity index (χ3v) is 4.97. The van der Waals surface area contributed by atoms with E-state index >= 15 is 0 Å². The van der Waals surface area contributed by atoms with Crippen LogP contribution in [0.15, 0.2) is 12.1 Å². The summed E-state index contributed by atoms with van der Waals surface area (Å²) in [6.07, 6.45) is -9.47. The van der Waals surface area contributed by atoms with E-state index in [4.69, 9.17) is 4.74 Å². The lowest BCUT2D eigenvalue weighted by molar-refractivity contribution is -0.141. The van der Waals surface area contributed by atoms with Gasteiger partial charge in [0.2, 0.25) is 5.88 Å². The minimum Gasteiger partial charge on any atom is -0.478 e. The lowest BCUT2D eigenvalue weighted by Crippen LogP contribution is -2.29. The third kappa shape index (κ3) is 5.83. The van der Waals surface area contributed by atoms with Crippen LogP contribution in [-0.2, 0) is 18.9 Å². The topological polar surface area (TPSA) is 118 Å². The number of amides is 2. The number of halogens is 6. The van der Waals surface area contributed by atoms with Gasteiger partial charge in [0.05, 0.1) is 35.8 Å². The zero-order valence-corrected chi connectivity index (χ0v) is 19.4. The first kappa shape index (κ1) is 26.7. The van der Waals surface area contributed by atoms with E-state index in [1.54, 1.807) is 6.92 Å². The Morgan fingerprint density at radius 1 is 1.06 bits per heavy atom.